The van der Waals surface area contributed by atoms with Crippen LogP contribution in [0.15, 0.2) is 29.2 Å². The minimum Gasteiger partial charge on any atom is -0.295 e. The van der Waals surface area contributed by atoms with Crippen LogP contribution >= 0.6 is 0 Å². The van der Waals surface area contributed by atoms with Gasteiger partial charge in [-0.2, -0.15) is 0 Å². The van der Waals surface area contributed by atoms with Crippen molar-refractivity contribution in [2.75, 3.05) is 0 Å². The number of carbonyl (C=O) groups is 1. The van der Waals surface area contributed by atoms with Crippen LogP contribution in [0.3, 0.4) is 0 Å². The van der Waals surface area contributed by atoms with E-state index in [-0.39, 0.29) is 10.7 Å². The van der Waals surface area contributed by atoms with Crippen LogP contribution in [-0.4, -0.2) is 19.7 Å². The predicted molar refractivity (Wildman–Crippen MR) is 71.1 cm³/mol. The molecule has 0 amide bonds. The predicted octanol–water partition coefficient (Wildman–Crippen LogP) is 2.36. The molecule has 0 aromatic heterocycles. The summed E-state index contributed by atoms with van der Waals surface area (Å²) in [6.45, 7) is 6.96. The highest BCUT2D eigenvalue weighted by Crippen LogP contribution is 2.16. The van der Waals surface area contributed by atoms with Crippen molar-refractivity contribution in [1.29, 1.82) is 0 Å². The minimum atomic E-state index is -3.59. The second-order valence-corrected chi connectivity index (χ2v) is 6.61. The van der Waals surface area contributed by atoms with Crippen molar-refractivity contribution in [3.8, 4) is 0 Å². The molecule has 0 unspecified atom stereocenters. The van der Waals surface area contributed by atoms with Gasteiger partial charge in [0.1, 0.15) is 0 Å². The Labute approximate surface area is 108 Å². The third-order valence-electron chi connectivity index (χ3n) is 2.85. The van der Waals surface area contributed by atoms with Crippen LogP contribution in [0, 0.1) is 0 Å². The number of hydrogen-bond donors (Lipinski definition) is 1. The van der Waals surface area contributed by atoms with Crippen molar-refractivity contribution < 1.29 is 13.2 Å². The van der Waals surface area contributed by atoms with Gasteiger partial charge in [-0.3, -0.25) is 4.79 Å². The van der Waals surface area contributed by atoms with E-state index in [4.69, 9.17) is 0 Å². The van der Waals surface area contributed by atoms with E-state index in [0.717, 1.165) is 0 Å². The maximum absolute atomic E-state index is 12.2. The zero-order valence-corrected chi connectivity index (χ0v) is 12.0. The maximum Gasteiger partial charge on any atom is 0.241 e. The second kappa shape index (κ2) is 5.20. The first-order valence-corrected chi connectivity index (χ1v) is 7.31. The van der Waals surface area contributed by atoms with Crippen LogP contribution in [0.2, 0.25) is 0 Å². The molecule has 1 aromatic rings. The van der Waals surface area contributed by atoms with Crippen molar-refractivity contribution >= 4 is 15.8 Å². The van der Waals surface area contributed by atoms with Gasteiger partial charge in [-0.1, -0.05) is 19.1 Å². The molecule has 1 rings (SSSR count). The molecule has 0 spiro atoms. The summed E-state index contributed by atoms with van der Waals surface area (Å²) in [6, 6.07) is 6.06. The average Bonchev–Trinajstić information content (AvgIpc) is 2.28. The minimum absolute atomic E-state index is 0.122. The van der Waals surface area contributed by atoms with Gasteiger partial charge in [0, 0.05) is 11.1 Å². The van der Waals surface area contributed by atoms with Crippen molar-refractivity contribution in [3.05, 3.63) is 29.8 Å². The number of ketones is 1. The highest BCUT2D eigenvalue weighted by molar-refractivity contribution is 7.89. The number of carbonyl (C=O) groups excluding carboxylic acids is 1. The third-order valence-corrected chi connectivity index (χ3v) is 4.54. The summed E-state index contributed by atoms with van der Waals surface area (Å²) in [7, 11) is -3.59. The first-order valence-electron chi connectivity index (χ1n) is 5.83. The van der Waals surface area contributed by atoms with Crippen LogP contribution in [0.5, 0.6) is 0 Å². The molecule has 0 bridgehead atoms. The highest BCUT2D eigenvalue weighted by atomic mass is 32.2. The van der Waals surface area contributed by atoms with Gasteiger partial charge in [-0.25, -0.2) is 13.1 Å². The lowest BCUT2D eigenvalue weighted by Gasteiger charge is -2.24. The Kier molecular flexibility index (Phi) is 4.29. The number of Topliss-reactive ketones (excluding diaryl/α,β-unsaturated/α-hetero) is 1. The molecule has 1 N–H and O–H groups in total. The molecule has 0 radical (unpaired) electrons. The van der Waals surface area contributed by atoms with Gasteiger partial charge in [0.05, 0.1) is 4.90 Å². The van der Waals surface area contributed by atoms with Gasteiger partial charge in [0.2, 0.25) is 10.0 Å². The number of rotatable bonds is 5. The highest BCUT2D eigenvalue weighted by Gasteiger charge is 2.24. The molecule has 5 heteroatoms. The summed E-state index contributed by atoms with van der Waals surface area (Å²) in [5.74, 6) is -0.151. The molecular formula is C13H19NO3S. The van der Waals surface area contributed by atoms with Gasteiger partial charge < -0.3 is 0 Å². The summed E-state index contributed by atoms with van der Waals surface area (Å²) >= 11 is 0. The van der Waals surface area contributed by atoms with Gasteiger partial charge in [-0.15, -0.1) is 0 Å². The SMILES string of the molecule is CCC(C)(C)NS(=O)(=O)c1cccc(C(C)=O)c1. The molecule has 0 fully saturated rings. The smallest absolute Gasteiger partial charge is 0.241 e. The van der Waals surface area contributed by atoms with E-state index >= 15 is 0 Å². The van der Waals surface area contributed by atoms with Crippen LogP contribution in [-0.2, 0) is 10.0 Å². The zero-order chi connectivity index (χ0) is 14.0. The fourth-order valence-electron chi connectivity index (χ4n) is 1.38. The Hall–Kier alpha value is -1.20. The molecule has 18 heavy (non-hydrogen) atoms. The van der Waals surface area contributed by atoms with Crippen molar-refractivity contribution in [3.63, 3.8) is 0 Å². The number of benzene rings is 1. The van der Waals surface area contributed by atoms with Gasteiger partial charge in [0.25, 0.3) is 0 Å². The Morgan fingerprint density at radius 2 is 1.94 bits per heavy atom. The monoisotopic (exact) mass is 269 g/mol. The van der Waals surface area contributed by atoms with E-state index < -0.39 is 15.6 Å². The molecule has 0 saturated carbocycles. The molecule has 0 aliphatic heterocycles. The summed E-state index contributed by atoms with van der Waals surface area (Å²) < 4.78 is 26.9. The first kappa shape index (κ1) is 14.9. The lowest BCUT2D eigenvalue weighted by Crippen LogP contribution is -2.42. The van der Waals surface area contributed by atoms with Crippen molar-refractivity contribution in [2.45, 2.75) is 44.6 Å². The fraction of sp³-hybridized carbons (Fsp3) is 0.462. The fourth-order valence-corrected chi connectivity index (χ4v) is 2.91. The second-order valence-electron chi connectivity index (χ2n) is 4.93. The Balaban J connectivity index is 3.13. The van der Waals surface area contributed by atoms with Crippen molar-refractivity contribution in [2.24, 2.45) is 0 Å². The van der Waals surface area contributed by atoms with Crippen LogP contribution in [0.1, 0.15) is 44.5 Å². The van der Waals surface area contributed by atoms with Gasteiger partial charge in [-0.05, 0) is 39.3 Å². The molecule has 0 atom stereocenters. The zero-order valence-electron chi connectivity index (χ0n) is 11.1. The Bertz CT molecular complexity index is 547. The number of hydrogen-bond acceptors (Lipinski definition) is 3. The largest absolute Gasteiger partial charge is 0.295 e. The maximum atomic E-state index is 12.2. The molecule has 1 aromatic carbocycles. The van der Waals surface area contributed by atoms with Gasteiger partial charge in [0.15, 0.2) is 5.78 Å². The Morgan fingerprint density at radius 1 is 1.33 bits per heavy atom. The lowest BCUT2D eigenvalue weighted by atomic mass is 10.0. The quantitative estimate of drug-likeness (QED) is 0.835. The van der Waals surface area contributed by atoms with Gasteiger partial charge >= 0.3 is 0 Å². The number of sulfonamides is 1. The van der Waals surface area contributed by atoms with Crippen LogP contribution in [0.4, 0.5) is 0 Å². The van der Waals surface area contributed by atoms with E-state index in [1.54, 1.807) is 12.1 Å². The van der Waals surface area contributed by atoms with Crippen molar-refractivity contribution in [1.82, 2.24) is 4.72 Å². The summed E-state index contributed by atoms with van der Waals surface area (Å²) in [5, 5.41) is 0. The van der Waals surface area contributed by atoms with E-state index in [1.165, 1.54) is 19.1 Å². The average molecular weight is 269 g/mol. The van der Waals surface area contributed by atoms with Crippen LogP contribution in [0.25, 0.3) is 0 Å². The summed E-state index contributed by atoms with van der Waals surface area (Å²) in [5.41, 5.74) is -0.113. The molecule has 0 aliphatic carbocycles. The lowest BCUT2D eigenvalue weighted by molar-refractivity contribution is 0.101. The molecule has 0 aliphatic rings. The molecular weight excluding hydrogens is 250 g/mol. The normalized spacial score (nSPS) is 12.4. The third kappa shape index (κ3) is 3.65. The molecule has 100 valence electrons. The Morgan fingerprint density at radius 3 is 2.44 bits per heavy atom. The first-order chi connectivity index (χ1) is 8.18. The molecule has 4 nitrogen and oxygen atoms in total. The standard InChI is InChI=1S/C13H19NO3S/c1-5-13(3,4)14-18(16,17)12-8-6-7-11(9-12)10(2)15/h6-9,14H,5H2,1-4H3. The van der Waals surface area contributed by atoms with E-state index in [2.05, 4.69) is 4.72 Å². The van der Waals surface area contributed by atoms with Crippen LogP contribution < -0.4 is 4.72 Å². The topological polar surface area (TPSA) is 63.2 Å². The number of nitrogens with one attached hydrogen (secondary N) is 1. The molecule has 0 saturated heterocycles. The summed E-state index contributed by atoms with van der Waals surface area (Å²) in [6.07, 6.45) is 0.679. The summed E-state index contributed by atoms with van der Waals surface area (Å²) in [4.78, 5) is 11.4. The van der Waals surface area contributed by atoms with E-state index in [1.807, 2.05) is 20.8 Å². The molecule has 0 heterocycles. The van der Waals surface area contributed by atoms with E-state index in [0.29, 0.717) is 12.0 Å². The van der Waals surface area contributed by atoms with E-state index in [9.17, 15) is 13.2 Å².